The number of hydrogen-bond acceptors (Lipinski definition) is 2. The number of nitrogens with zero attached hydrogens (tertiary/aromatic N) is 1. The van der Waals surface area contributed by atoms with Gasteiger partial charge in [-0.1, -0.05) is 30.3 Å². The van der Waals surface area contributed by atoms with Crippen LogP contribution in [0.15, 0.2) is 36.5 Å². The highest BCUT2D eigenvalue weighted by Gasteiger charge is 2.07. The molecule has 3 N–H and O–H groups in total. The van der Waals surface area contributed by atoms with Gasteiger partial charge < -0.3 is 5.73 Å². The van der Waals surface area contributed by atoms with Crippen molar-refractivity contribution in [3.63, 3.8) is 0 Å². The topological polar surface area (TPSA) is 54.7 Å². The molecule has 0 aliphatic carbocycles. The van der Waals surface area contributed by atoms with Gasteiger partial charge in [-0.2, -0.15) is 5.10 Å². The average molecular weight is 215 g/mol. The van der Waals surface area contributed by atoms with Gasteiger partial charge in [-0.05, 0) is 30.9 Å². The van der Waals surface area contributed by atoms with Crippen molar-refractivity contribution in [2.24, 2.45) is 5.73 Å². The maximum absolute atomic E-state index is 5.77. The van der Waals surface area contributed by atoms with E-state index in [1.54, 1.807) is 0 Å². The summed E-state index contributed by atoms with van der Waals surface area (Å²) in [6.45, 7) is 2.03. The molecule has 84 valence electrons. The molecule has 0 amide bonds. The summed E-state index contributed by atoms with van der Waals surface area (Å²) in [6.07, 6.45) is 3.85. The Bertz CT molecular complexity index is 431. The lowest BCUT2D eigenvalue weighted by Crippen LogP contribution is -2.15. The molecule has 2 rings (SSSR count). The molecular formula is C13H17N3. The van der Waals surface area contributed by atoms with Gasteiger partial charge in [0, 0.05) is 6.04 Å². The van der Waals surface area contributed by atoms with Crippen LogP contribution in [-0.2, 0) is 6.42 Å². The van der Waals surface area contributed by atoms with Crippen LogP contribution < -0.4 is 5.73 Å². The Balaban J connectivity index is 2.19. The standard InChI is InChI=1S/C13H17N3/c1-10(14)7-8-12-9-15-16-13(12)11-5-3-2-4-6-11/h2-6,9-10H,7-8,14H2,1H3,(H,15,16)/t10-/m0/s1. The molecule has 3 heteroatoms. The minimum absolute atomic E-state index is 0.235. The molecule has 0 bridgehead atoms. The van der Waals surface area contributed by atoms with E-state index >= 15 is 0 Å². The van der Waals surface area contributed by atoms with Gasteiger partial charge in [-0.25, -0.2) is 0 Å². The molecular weight excluding hydrogens is 198 g/mol. The minimum atomic E-state index is 0.235. The molecule has 16 heavy (non-hydrogen) atoms. The molecule has 1 atom stereocenters. The molecule has 0 spiro atoms. The third kappa shape index (κ3) is 2.49. The zero-order valence-corrected chi connectivity index (χ0v) is 9.48. The molecule has 1 heterocycles. The molecule has 2 aromatic rings. The fourth-order valence-electron chi connectivity index (χ4n) is 1.74. The van der Waals surface area contributed by atoms with E-state index in [-0.39, 0.29) is 6.04 Å². The SMILES string of the molecule is C[C@H](N)CCc1cn[nH]c1-c1ccccc1. The molecule has 0 aliphatic rings. The second-order valence-corrected chi connectivity index (χ2v) is 4.15. The Kier molecular flexibility index (Phi) is 3.37. The molecule has 0 saturated carbocycles. The Hall–Kier alpha value is -1.61. The third-order valence-electron chi connectivity index (χ3n) is 2.65. The largest absolute Gasteiger partial charge is 0.328 e. The average Bonchev–Trinajstić information content (AvgIpc) is 2.75. The molecule has 1 aromatic heterocycles. The summed E-state index contributed by atoms with van der Waals surface area (Å²) in [5.74, 6) is 0. The Morgan fingerprint density at radius 3 is 2.75 bits per heavy atom. The zero-order valence-electron chi connectivity index (χ0n) is 9.48. The second kappa shape index (κ2) is 4.94. The van der Waals surface area contributed by atoms with Crippen molar-refractivity contribution in [1.29, 1.82) is 0 Å². The number of hydrogen-bond donors (Lipinski definition) is 2. The van der Waals surface area contributed by atoms with Gasteiger partial charge in [0.25, 0.3) is 0 Å². The fourth-order valence-corrected chi connectivity index (χ4v) is 1.74. The maximum atomic E-state index is 5.77. The van der Waals surface area contributed by atoms with Crippen LogP contribution >= 0.6 is 0 Å². The summed E-state index contributed by atoms with van der Waals surface area (Å²) >= 11 is 0. The van der Waals surface area contributed by atoms with Gasteiger partial charge in [0.15, 0.2) is 0 Å². The quantitative estimate of drug-likeness (QED) is 0.822. The first-order chi connectivity index (χ1) is 7.77. The zero-order chi connectivity index (χ0) is 11.4. The maximum Gasteiger partial charge on any atom is 0.0682 e. The number of aromatic nitrogens is 2. The Morgan fingerprint density at radius 1 is 1.31 bits per heavy atom. The van der Waals surface area contributed by atoms with Crippen LogP contribution in [0.3, 0.4) is 0 Å². The molecule has 0 saturated heterocycles. The Labute approximate surface area is 95.7 Å². The first-order valence-electron chi connectivity index (χ1n) is 5.60. The highest BCUT2D eigenvalue weighted by molar-refractivity contribution is 5.62. The molecule has 3 nitrogen and oxygen atoms in total. The van der Waals surface area contributed by atoms with Gasteiger partial charge >= 0.3 is 0 Å². The van der Waals surface area contributed by atoms with Crippen molar-refractivity contribution in [3.8, 4) is 11.3 Å². The monoisotopic (exact) mass is 215 g/mol. The van der Waals surface area contributed by atoms with E-state index in [9.17, 15) is 0 Å². The van der Waals surface area contributed by atoms with E-state index < -0.39 is 0 Å². The van der Waals surface area contributed by atoms with E-state index in [0.29, 0.717) is 0 Å². The summed E-state index contributed by atoms with van der Waals surface area (Å²) in [5.41, 5.74) is 9.30. The predicted molar refractivity (Wildman–Crippen MR) is 66.0 cm³/mol. The van der Waals surface area contributed by atoms with Crippen molar-refractivity contribution in [2.45, 2.75) is 25.8 Å². The van der Waals surface area contributed by atoms with Crippen molar-refractivity contribution >= 4 is 0 Å². The van der Waals surface area contributed by atoms with Crippen LogP contribution in [0.4, 0.5) is 0 Å². The first-order valence-corrected chi connectivity index (χ1v) is 5.60. The normalized spacial score (nSPS) is 12.6. The second-order valence-electron chi connectivity index (χ2n) is 4.15. The first kappa shape index (κ1) is 10.9. The van der Waals surface area contributed by atoms with Crippen molar-refractivity contribution in [1.82, 2.24) is 10.2 Å². The summed E-state index contributed by atoms with van der Waals surface area (Å²) in [6, 6.07) is 10.5. The minimum Gasteiger partial charge on any atom is -0.328 e. The number of rotatable bonds is 4. The number of benzene rings is 1. The lowest BCUT2D eigenvalue weighted by molar-refractivity contribution is 0.667. The van der Waals surface area contributed by atoms with Crippen LogP contribution in [0.1, 0.15) is 18.9 Å². The van der Waals surface area contributed by atoms with E-state index in [1.165, 1.54) is 11.1 Å². The highest BCUT2D eigenvalue weighted by Crippen LogP contribution is 2.21. The van der Waals surface area contributed by atoms with Crippen molar-refractivity contribution in [3.05, 3.63) is 42.1 Å². The smallest absolute Gasteiger partial charge is 0.0682 e. The van der Waals surface area contributed by atoms with Crippen LogP contribution in [-0.4, -0.2) is 16.2 Å². The lowest BCUT2D eigenvalue weighted by Gasteiger charge is -2.05. The van der Waals surface area contributed by atoms with Crippen molar-refractivity contribution < 1.29 is 0 Å². The predicted octanol–water partition coefficient (Wildman–Crippen LogP) is 2.36. The van der Waals surface area contributed by atoms with Crippen molar-refractivity contribution in [2.75, 3.05) is 0 Å². The summed E-state index contributed by atoms with van der Waals surface area (Å²) in [5, 5.41) is 7.17. The third-order valence-corrected chi connectivity index (χ3v) is 2.65. The number of nitrogens with one attached hydrogen (secondary N) is 1. The van der Waals surface area contributed by atoms with Gasteiger partial charge in [0.05, 0.1) is 11.9 Å². The van der Waals surface area contributed by atoms with E-state index in [0.717, 1.165) is 18.5 Å². The number of aryl methyl sites for hydroxylation is 1. The highest BCUT2D eigenvalue weighted by atomic mass is 15.1. The van der Waals surface area contributed by atoms with Crippen LogP contribution in [0, 0.1) is 0 Å². The Morgan fingerprint density at radius 2 is 2.06 bits per heavy atom. The molecule has 0 aliphatic heterocycles. The van der Waals surface area contributed by atoms with Crippen LogP contribution in [0.25, 0.3) is 11.3 Å². The molecule has 0 unspecified atom stereocenters. The van der Waals surface area contributed by atoms with Crippen LogP contribution in [0.2, 0.25) is 0 Å². The van der Waals surface area contributed by atoms with Gasteiger partial charge in [-0.15, -0.1) is 0 Å². The molecule has 0 radical (unpaired) electrons. The number of H-pyrrole nitrogens is 1. The van der Waals surface area contributed by atoms with Crippen LogP contribution in [0.5, 0.6) is 0 Å². The lowest BCUT2D eigenvalue weighted by atomic mass is 10.0. The van der Waals surface area contributed by atoms with E-state index in [2.05, 4.69) is 22.3 Å². The number of aromatic amines is 1. The fraction of sp³-hybridized carbons (Fsp3) is 0.308. The summed E-state index contributed by atoms with van der Waals surface area (Å²) in [4.78, 5) is 0. The van der Waals surface area contributed by atoms with E-state index in [4.69, 9.17) is 5.73 Å². The van der Waals surface area contributed by atoms with E-state index in [1.807, 2.05) is 31.3 Å². The number of nitrogens with two attached hydrogens (primary N) is 1. The molecule has 1 aromatic carbocycles. The van der Waals surface area contributed by atoms with Gasteiger partial charge in [0.1, 0.15) is 0 Å². The summed E-state index contributed by atoms with van der Waals surface area (Å²) < 4.78 is 0. The molecule has 0 fully saturated rings. The summed E-state index contributed by atoms with van der Waals surface area (Å²) in [7, 11) is 0. The van der Waals surface area contributed by atoms with Gasteiger partial charge in [-0.3, -0.25) is 5.10 Å². The van der Waals surface area contributed by atoms with Gasteiger partial charge in [0.2, 0.25) is 0 Å².